The lowest BCUT2D eigenvalue weighted by molar-refractivity contribution is 0.0904. The van der Waals surface area contributed by atoms with Crippen molar-refractivity contribution >= 4 is 17.3 Å². The maximum Gasteiger partial charge on any atom is 0.253 e. The lowest BCUT2D eigenvalue weighted by Gasteiger charge is -2.36. The van der Waals surface area contributed by atoms with Crippen molar-refractivity contribution in [1.82, 2.24) is 15.1 Å². The second-order valence-electron chi connectivity index (χ2n) is 6.93. The van der Waals surface area contributed by atoms with Crippen molar-refractivity contribution in [2.75, 3.05) is 45.1 Å². The van der Waals surface area contributed by atoms with E-state index in [1.165, 1.54) is 0 Å². The Bertz CT molecular complexity index is 711. The predicted molar refractivity (Wildman–Crippen MR) is 107 cm³/mol. The zero-order valence-electron chi connectivity index (χ0n) is 15.6. The monoisotopic (exact) mass is 352 g/mol. The summed E-state index contributed by atoms with van der Waals surface area (Å²) < 4.78 is 0. The van der Waals surface area contributed by atoms with Gasteiger partial charge in [0.1, 0.15) is 0 Å². The molecule has 2 N–H and O–H groups in total. The summed E-state index contributed by atoms with van der Waals surface area (Å²) in [6.45, 7) is 7.12. The zero-order valence-corrected chi connectivity index (χ0v) is 15.6. The van der Waals surface area contributed by atoms with Crippen LogP contribution in [0.2, 0.25) is 0 Å². The van der Waals surface area contributed by atoms with Gasteiger partial charge >= 0.3 is 0 Å². The van der Waals surface area contributed by atoms with Crippen LogP contribution in [0.4, 0.5) is 11.4 Å². The summed E-state index contributed by atoms with van der Waals surface area (Å²) in [4.78, 5) is 17.5. The van der Waals surface area contributed by atoms with E-state index in [0.29, 0.717) is 18.2 Å². The number of amides is 1. The number of nitrogens with zero attached hydrogens (tertiary/aromatic N) is 2. The van der Waals surface area contributed by atoms with Crippen LogP contribution < -0.4 is 10.6 Å². The van der Waals surface area contributed by atoms with E-state index in [2.05, 4.69) is 34.4 Å². The SMILES string of the molecule is C[C@@H](CNC(=O)c1ccccc1Nc1ccccc1)N1CCN(C)CC1. The number of nitrogens with one attached hydrogen (secondary N) is 2. The van der Waals surface area contributed by atoms with Gasteiger partial charge in [-0.15, -0.1) is 0 Å². The van der Waals surface area contributed by atoms with Gasteiger partial charge in [-0.3, -0.25) is 9.69 Å². The minimum absolute atomic E-state index is 0.0370. The van der Waals surface area contributed by atoms with Crippen LogP contribution in [0, 0.1) is 0 Å². The van der Waals surface area contributed by atoms with E-state index < -0.39 is 0 Å². The van der Waals surface area contributed by atoms with Gasteiger partial charge in [-0.25, -0.2) is 0 Å². The smallest absolute Gasteiger partial charge is 0.253 e. The normalized spacial score (nSPS) is 16.8. The molecule has 1 aliphatic rings. The summed E-state index contributed by atoms with van der Waals surface area (Å²) >= 11 is 0. The number of hydrogen-bond acceptors (Lipinski definition) is 4. The molecule has 0 radical (unpaired) electrons. The molecule has 5 nitrogen and oxygen atoms in total. The topological polar surface area (TPSA) is 47.6 Å². The van der Waals surface area contributed by atoms with Crippen molar-refractivity contribution in [2.45, 2.75) is 13.0 Å². The summed E-state index contributed by atoms with van der Waals surface area (Å²) in [5.74, 6) is -0.0370. The first kappa shape index (κ1) is 18.4. The Balaban J connectivity index is 1.59. The van der Waals surface area contributed by atoms with Crippen molar-refractivity contribution < 1.29 is 4.79 Å². The van der Waals surface area contributed by atoms with Crippen LogP contribution in [0.15, 0.2) is 54.6 Å². The molecule has 3 rings (SSSR count). The molecule has 1 fully saturated rings. The molecule has 0 aliphatic carbocycles. The summed E-state index contributed by atoms with van der Waals surface area (Å²) in [6.07, 6.45) is 0. The third-order valence-electron chi connectivity index (χ3n) is 4.94. The van der Waals surface area contributed by atoms with E-state index in [-0.39, 0.29) is 5.91 Å². The van der Waals surface area contributed by atoms with Crippen molar-refractivity contribution in [3.8, 4) is 0 Å². The molecular weight excluding hydrogens is 324 g/mol. The van der Waals surface area contributed by atoms with Crippen LogP contribution in [0.3, 0.4) is 0 Å². The fraction of sp³-hybridized carbons (Fsp3) is 0.381. The van der Waals surface area contributed by atoms with Gasteiger partial charge in [-0.05, 0) is 38.2 Å². The highest BCUT2D eigenvalue weighted by Crippen LogP contribution is 2.20. The molecule has 0 aromatic heterocycles. The number of rotatable bonds is 6. The molecule has 26 heavy (non-hydrogen) atoms. The number of carbonyl (C=O) groups is 1. The zero-order chi connectivity index (χ0) is 18.4. The summed E-state index contributed by atoms with van der Waals surface area (Å²) in [5.41, 5.74) is 2.46. The molecule has 0 spiro atoms. The number of para-hydroxylation sites is 2. The molecule has 0 unspecified atom stereocenters. The molecule has 1 aliphatic heterocycles. The highest BCUT2D eigenvalue weighted by molar-refractivity contribution is 6.00. The third-order valence-corrected chi connectivity index (χ3v) is 4.94. The number of carbonyl (C=O) groups excluding carboxylic acids is 1. The maximum atomic E-state index is 12.7. The number of piperazine rings is 1. The highest BCUT2D eigenvalue weighted by atomic mass is 16.1. The Morgan fingerprint density at radius 2 is 1.65 bits per heavy atom. The first-order valence-corrected chi connectivity index (χ1v) is 9.25. The van der Waals surface area contributed by atoms with Gasteiger partial charge in [0.25, 0.3) is 5.91 Å². The molecule has 1 heterocycles. The molecule has 5 heteroatoms. The van der Waals surface area contributed by atoms with E-state index >= 15 is 0 Å². The molecule has 1 amide bonds. The average molecular weight is 352 g/mol. The van der Waals surface area contributed by atoms with Crippen molar-refractivity contribution in [3.05, 3.63) is 60.2 Å². The van der Waals surface area contributed by atoms with Crippen LogP contribution in [-0.4, -0.2) is 61.5 Å². The Hall–Kier alpha value is -2.37. The van der Waals surface area contributed by atoms with Gasteiger partial charge in [0.2, 0.25) is 0 Å². The first-order valence-electron chi connectivity index (χ1n) is 9.25. The number of benzene rings is 2. The quantitative estimate of drug-likeness (QED) is 0.839. The maximum absolute atomic E-state index is 12.7. The van der Waals surface area contributed by atoms with Gasteiger partial charge in [-0.1, -0.05) is 30.3 Å². The Labute approximate surface area is 156 Å². The molecule has 0 saturated carbocycles. The summed E-state index contributed by atoms with van der Waals surface area (Å²) in [6, 6.07) is 17.9. The first-order chi connectivity index (χ1) is 12.6. The van der Waals surface area contributed by atoms with E-state index in [1.807, 2.05) is 54.6 Å². The summed E-state index contributed by atoms with van der Waals surface area (Å²) in [5, 5.41) is 6.43. The van der Waals surface area contributed by atoms with Crippen LogP contribution in [0.5, 0.6) is 0 Å². The van der Waals surface area contributed by atoms with Gasteiger partial charge in [-0.2, -0.15) is 0 Å². The number of likely N-dealkylation sites (N-methyl/N-ethyl adjacent to an activating group) is 1. The molecule has 2 aromatic rings. The van der Waals surface area contributed by atoms with Crippen LogP contribution in [0.1, 0.15) is 17.3 Å². The highest BCUT2D eigenvalue weighted by Gasteiger charge is 2.20. The van der Waals surface area contributed by atoms with Crippen molar-refractivity contribution in [1.29, 1.82) is 0 Å². The largest absolute Gasteiger partial charge is 0.355 e. The van der Waals surface area contributed by atoms with E-state index in [9.17, 15) is 4.79 Å². The fourth-order valence-corrected chi connectivity index (χ4v) is 3.19. The molecular formula is C21H28N4O. The van der Waals surface area contributed by atoms with E-state index in [0.717, 1.165) is 37.6 Å². The second kappa shape index (κ2) is 8.83. The molecule has 138 valence electrons. The van der Waals surface area contributed by atoms with E-state index in [1.54, 1.807) is 0 Å². The van der Waals surface area contributed by atoms with Crippen molar-refractivity contribution in [3.63, 3.8) is 0 Å². The lowest BCUT2D eigenvalue weighted by Crippen LogP contribution is -2.51. The Morgan fingerprint density at radius 3 is 2.38 bits per heavy atom. The molecule has 2 aromatic carbocycles. The fourth-order valence-electron chi connectivity index (χ4n) is 3.19. The minimum Gasteiger partial charge on any atom is -0.355 e. The molecule has 1 atom stereocenters. The van der Waals surface area contributed by atoms with Crippen LogP contribution in [-0.2, 0) is 0 Å². The van der Waals surface area contributed by atoms with Gasteiger partial charge < -0.3 is 15.5 Å². The lowest BCUT2D eigenvalue weighted by atomic mass is 10.1. The van der Waals surface area contributed by atoms with Gasteiger partial charge in [0.15, 0.2) is 0 Å². The number of hydrogen-bond donors (Lipinski definition) is 2. The average Bonchev–Trinajstić information content (AvgIpc) is 2.67. The third kappa shape index (κ3) is 4.84. The number of anilines is 2. The second-order valence-corrected chi connectivity index (χ2v) is 6.93. The Morgan fingerprint density at radius 1 is 1.00 bits per heavy atom. The van der Waals surface area contributed by atoms with Gasteiger partial charge in [0, 0.05) is 44.5 Å². The predicted octanol–water partition coefficient (Wildman–Crippen LogP) is 2.80. The van der Waals surface area contributed by atoms with Crippen LogP contribution >= 0.6 is 0 Å². The van der Waals surface area contributed by atoms with E-state index in [4.69, 9.17) is 0 Å². The van der Waals surface area contributed by atoms with Crippen LogP contribution in [0.25, 0.3) is 0 Å². The summed E-state index contributed by atoms with van der Waals surface area (Å²) in [7, 11) is 2.15. The minimum atomic E-state index is -0.0370. The van der Waals surface area contributed by atoms with Gasteiger partial charge in [0.05, 0.1) is 11.3 Å². The Kier molecular flexibility index (Phi) is 6.26. The molecule has 1 saturated heterocycles. The molecule has 0 bridgehead atoms. The van der Waals surface area contributed by atoms with Crippen molar-refractivity contribution in [2.24, 2.45) is 0 Å². The standard InChI is InChI=1S/C21H28N4O/c1-17(25-14-12-24(2)13-15-25)16-22-21(26)19-10-6-7-11-20(19)23-18-8-4-3-5-9-18/h3-11,17,23H,12-16H2,1-2H3,(H,22,26)/t17-/m0/s1.